The van der Waals surface area contributed by atoms with Gasteiger partial charge in [-0.2, -0.15) is 0 Å². The van der Waals surface area contributed by atoms with Crippen LogP contribution in [0.15, 0.2) is 66.7 Å². The first kappa shape index (κ1) is 12.2. The number of hydrogen-bond acceptors (Lipinski definition) is 0. The Morgan fingerprint density at radius 1 is 0.762 bits per heavy atom. The summed E-state index contributed by atoms with van der Waals surface area (Å²) >= 11 is 0. The third kappa shape index (κ3) is 1.69. The first-order chi connectivity index (χ1) is 10.3. The van der Waals surface area contributed by atoms with Crippen LogP contribution in [0.2, 0.25) is 0 Å². The van der Waals surface area contributed by atoms with Crippen LogP contribution in [0, 0.1) is 0 Å². The summed E-state index contributed by atoms with van der Waals surface area (Å²) in [6.07, 6.45) is 0. The van der Waals surface area contributed by atoms with E-state index in [4.69, 9.17) is 0 Å². The lowest BCUT2D eigenvalue weighted by atomic mass is 10.1. The molecule has 0 spiro atoms. The van der Waals surface area contributed by atoms with E-state index in [9.17, 15) is 0 Å². The highest BCUT2D eigenvalue weighted by Crippen LogP contribution is 2.27. The molecule has 4 aromatic rings. The van der Waals surface area contributed by atoms with Gasteiger partial charge >= 0.3 is 0 Å². The summed E-state index contributed by atoms with van der Waals surface area (Å²) in [5.74, 6) is 0. The third-order valence-electron chi connectivity index (χ3n) is 4.27. The molecule has 2 aromatic carbocycles. The van der Waals surface area contributed by atoms with Crippen LogP contribution in [0.1, 0.15) is 0 Å². The molecule has 0 aliphatic rings. The summed E-state index contributed by atoms with van der Waals surface area (Å²) in [4.78, 5) is 0. The monoisotopic (exact) mass is 273 g/mol. The van der Waals surface area contributed by atoms with Crippen molar-refractivity contribution in [1.29, 1.82) is 0 Å². The van der Waals surface area contributed by atoms with Crippen molar-refractivity contribution in [3.63, 3.8) is 0 Å². The number of para-hydroxylation sites is 1. The molecule has 0 aliphatic heterocycles. The number of aromatic nitrogens is 2. The van der Waals surface area contributed by atoms with Crippen LogP contribution in [-0.4, -0.2) is 4.57 Å². The molecule has 0 atom stereocenters. The van der Waals surface area contributed by atoms with Crippen molar-refractivity contribution in [2.45, 2.75) is 0 Å². The summed E-state index contributed by atoms with van der Waals surface area (Å²) in [6.45, 7) is 0. The number of fused-ring (bicyclic) bond motifs is 3. The number of aryl methyl sites for hydroxylation is 2. The molecule has 0 N–H and O–H groups in total. The Kier molecular flexibility index (Phi) is 2.58. The molecule has 0 amide bonds. The zero-order chi connectivity index (χ0) is 14.4. The van der Waals surface area contributed by atoms with E-state index in [1.165, 1.54) is 33.2 Å². The van der Waals surface area contributed by atoms with E-state index >= 15 is 0 Å². The second-order valence-corrected chi connectivity index (χ2v) is 5.46. The van der Waals surface area contributed by atoms with Crippen LogP contribution in [-0.2, 0) is 14.1 Å². The molecule has 0 bridgehead atoms. The van der Waals surface area contributed by atoms with Gasteiger partial charge in [-0.1, -0.05) is 42.5 Å². The first-order valence-corrected chi connectivity index (χ1v) is 7.19. The van der Waals surface area contributed by atoms with Crippen molar-refractivity contribution in [2.24, 2.45) is 14.1 Å². The zero-order valence-corrected chi connectivity index (χ0v) is 12.2. The number of pyridine rings is 1. The molecule has 102 valence electrons. The maximum atomic E-state index is 2.28. The van der Waals surface area contributed by atoms with Gasteiger partial charge in [-0.05, 0) is 24.3 Å². The number of rotatable bonds is 1. The van der Waals surface area contributed by atoms with Crippen molar-refractivity contribution in [3.8, 4) is 11.3 Å². The number of nitrogens with zero attached hydrogens (tertiary/aromatic N) is 2. The van der Waals surface area contributed by atoms with Crippen LogP contribution in [0.3, 0.4) is 0 Å². The standard InChI is InChI=1S/C19H17N2/c1-20-17(14-8-4-3-5-9-14)13-12-16-15-10-6-7-11-18(15)21(2)19(16)20/h3-13H,1-2H3/q+1. The fourth-order valence-corrected chi connectivity index (χ4v) is 3.27. The van der Waals surface area contributed by atoms with Crippen molar-refractivity contribution in [2.75, 3.05) is 0 Å². The summed E-state index contributed by atoms with van der Waals surface area (Å²) in [7, 11) is 4.28. The zero-order valence-electron chi connectivity index (χ0n) is 12.2. The normalized spacial score (nSPS) is 11.3. The fourth-order valence-electron chi connectivity index (χ4n) is 3.27. The largest absolute Gasteiger partial charge is 0.289 e. The molecular weight excluding hydrogens is 256 g/mol. The highest BCUT2D eigenvalue weighted by atomic mass is 15.1. The van der Waals surface area contributed by atoms with E-state index in [-0.39, 0.29) is 0 Å². The van der Waals surface area contributed by atoms with Gasteiger partial charge in [0.15, 0.2) is 0 Å². The van der Waals surface area contributed by atoms with Crippen molar-refractivity contribution in [3.05, 3.63) is 66.7 Å². The highest BCUT2D eigenvalue weighted by molar-refractivity contribution is 6.05. The van der Waals surface area contributed by atoms with Crippen LogP contribution < -0.4 is 4.57 Å². The minimum Gasteiger partial charge on any atom is -0.229 e. The van der Waals surface area contributed by atoms with E-state index in [1.807, 2.05) is 0 Å². The fraction of sp³-hybridized carbons (Fsp3) is 0.105. The molecule has 2 heterocycles. The van der Waals surface area contributed by atoms with Crippen LogP contribution in [0.25, 0.3) is 33.2 Å². The SMILES string of the molecule is Cn1c2ccccc2c2ccc(-c3ccccc3)[n+](C)c21. The smallest absolute Gasteiger partial charge is 0.229 e. The second kappa shape index (κ2) is 4.45. The molecule has 0 aliphatic carbocycles. The molecule has 0 radical (unpaired) electrons. The van der Waals surface area contributed by atoms with Gasteiger partial charge in [-0.25, -0.2) is 9.13 Å². The molecule has 0 saturated heterocycles. The van der Waals surface area contributed by atoms with Gasteiger partial charge in [0.1, 0.15) is 11.2 Å². The summed E-state index contributed by atoms with van der Waals surface area (Å²) in [5.41, 5.74) is 4.99. The lowest BCUT2D eigenvalue weighted by Gasteiger charge is -2.05. The van der Waals surface area contributed by atoms with Gasteiger partial charge in [0.2, 0.25) is 0 Å². The Hall–Kier alpha value is -2.61. The molecular formula is C19H17N2+. The Morgan fingerprint density at radius 2 is 1.48 bits per heavy atom. The summed E-state index contributed by atoms with van der Waals surface area (Å²) < 4.78 is 4.56. The van der Waals surface area contributed by atoms with Crippen molar-refractivity contribution >= 4 is 21.9 Å². The lowest BCUT2D eigenvalue weighted by molar-refractivity contribution is -0.636. The van der Waals surface area contributed by atoms with Crippen LogP contribution in [0.4, 0.5) is 0 Å². The van der Waals surface area contributed by atoms with Gasteiger partial charge in [0, 0.05) is 10.9 Å². The number of benzene rings is 2. The van der Waals surface area contributed by atoms with Crippen molar-refractivity contribution < 1.29 is 4.57 Å². The molecule has 2 nitrogen and oxygen atoms in total. The van der Waals surface area contributed by atoms with Gasteiger partial charge in [-0.3, -0.25) is 0 Å². The Labute approximate surface area is 123 Å². The van der Waals surface area contributed by atoms with E-state index in [0.29, 0.717) is 0 Å². The highest BCUT2D eigenvalue weighted by Gasteiger charge is 2.19. The summed E-state index contributed by atoms with van der Waals surface area (Å²) in [5, 5.41) is 2.61. The topological polar surface area (TPSA) is 8.81 Å². The molecule has 21 heavy (non-hydrogen) atoms. The van der Waals surface area contributed by atoms with Gasteiger partial charge < -0.3 is 0 Å². The van der Waals surface area contributed by atoms with Crippen LogP contribution in [0.5, 0.6) is 0 Å². The molecule has 0 saturated carbocycles. The third-order valence-corrected chi connectivity index (χ3v) is 4.27. The van der Waals surface area contributed by atoms with E-state index in [0.717, 1.165) is 0 Å². The number of hydrogen-bond donors (Lipinski definition) is 0. The molecule has 2 aromatic heterocycles. The Balaban J connectivity index is 2.13. The molecule has 4 rings (SSSR count). The average molecular weight is 273 g/mol. The van der Waals surface area contributed by atoms with Gasteiger partial charge in [-0.15, -0.1) is 0 Å². The Bertz CT molecular complexity index is 950. The maximum Gasteiger partial charge on any atom is 0.289 e. The van der Waals surface area contributed by atoms with Gasteiger partial charge in [0.05, 0.1) is 19.5 Å². The van der Waals surface area contributed by atoms with Crippen LogP contribution >= 0.6 is 0 Å². The van der Waals surface area contributed by atoms with Gasteiger partial charge in [0.25, 0.3) is 5.65 Å². The quantitative estimate of drug-likeness (QED) is 0.466. The summed E-state index contributed by atoms with van der Waals surface area (Å²) in [6, 6.07) is 23.6. The lowest BCUT2D eigenvalue weighted by Crippen LogP contribution is -2.33. The predicted molar refractivity (Wildman–Crippen MR) is 87.0 cm³/mol. The predicted octanol–water partition coefficient (Wildman–Crippen LogP) is 3.82. The molecule has 0 fully saturated rings. The van der Waals surface area contributed by atoms with Crippen molar-refractivity contribution in [1.82, 2.24) is 4.57 Å². The first-order valence-electron chi connectivity index (χ1n) is 7.19. The molecule has 2 heteroatoms. The van der Waals surface area contributed by atoms with E-state index in [1.54, 1.807) is 0 Å². The minimum atomic E-state index is 1.23. The second-order valence-electron chi connectivity index (χ2n) is 5.46. The minimum absolute atomic E-state index is 1.23. The van der Waals surface area contributed by atoms with E-state index < -0.39 is 0 Å². The maximum absolute atomic E-state index is 2.28. The molecule has 0 unspecified atom stereocenters. The average Bonchev–Trinajstić information content (AvgIpc) is 2.83. The van der Waals surface area contributed by atoms with E-state index in [2.05, 4.69) is 90.0 Å². The Morgan fingerprint density at radius 3 is 2.29 bits per heavy atom.